The van der Waals surface area contributed by atoms with Crippen molar-refractivity contribution in [2.45, 2.75) is 0 Å². The lowest BCUT2D eigenvalue weighted by molar-refractivity contribution is 0.0734. The quantitative estimate of drug-likeness (QED) is 0.425. The number of para-hydroxylation sites is 1. The van der Waals surface area contributed by atoms with Gasteiger partial charge < -0.3 is 14.5 Å². The zero-order valence-corrected chi connectivity index (χ0v) is 19.5. The van der Waals surface area contributed by atoms with Crippen LogP contribution in [0.1, 0.15) is 10.6 Å². The van der Waals surface area contributed by atoms with Crippen LogP contribution in [0, 0.1) is 0 Å². The highest BCUT2D eigenvalue weighted by atomic mass is 35.5. The number of carbonyl (C=O) groups is 1. The largest absolute Gasteiger partial charge is 0.497 e. The standard InChI is InChI=1S/C26H24ClN5O2/c1-34-23-13-7-19(8-14-23)25-28-24(29-32(25)22-11-9-20(27)10-12-22)26(33)31-17-15-30(16-18-31)21-5-3-2-4-6-21/h2-14H,15-18H2,1H3. The second kappa shape index (κ2) is 9.57. The summed E-state index contributed by atoms with van der Waals surface area (Å²) in [5.74, 6) is 1.33. The van der Waals surface area contributed by atoms with Crippen molar-refractivity contribution in [2.24, 2.45) is 0 Å². The molecule has 0 aliphatic carbocycles. The molecule has 172 valence electrons. The first kappa shape index (κ1) is 22.0. The van der Waals surface area contributed by atoms with Gasteiger partial charge in [0.25, 0.3) is 5.91 Å². The predicted molar refractivity (Wildman–Crippen MR) is 133 cm³/mol. The van der Waals surface area contributed by atoms with Crippen molar-refractivity contribution in [1.82, 2.24) is 19.7 Å². The van der Waals surface area contributed by atoms with Gasteiger partial charge in [-0.25, -0.2) is 9.67 Å². The molecule has 0 atom stereocenters. The van der Waals surface area contributed by atoms with Crippen molar-refractivity contribution in [3.63, 3.8) is 0 Å². The molecule has 1 aliphatic heterocycles. The molecule has 1 amide bonds. The molecule has 0 bridgehead atoms. The van der Waals surface area contributed by atoms with Crippen LogP contribution in [0.15, 0.2) is 78.9 Å². The first-order valence-electron chi connectivity index (χ1n) is 11.1. The highest BCUT2D eigenvalue weighted by molar-refractivity contribution is 6.30. The van der Waals surface area contributed by atoms with E-state index in [-0.39, 0.29) is 11.7 Å². The molecule has 5 rings (SSSR count). The van der Waals surface area contributed by atoms with E-state index in [1.165, 1.54) is 5.69 Å². The van der Waals surface area contributed by atoms with Gasteiger partial charge in [-0.05, 0) is 60.7 Å². The molecule has 1 aromatic heterocycles. The van der Waals surface area contributed by atoms with Crippen LogP contribution < -0.4 is 9.64 Å². The number of hydrogen-bond donors (Lipinski definition) is 0. The summed E-state index contributed by atoms with van der Waals surface area (Å²) < 4.78 is 6.96. The molecule has 3 aromatic carbocycles. The van der Waals surface area contributed by atoms with Crippen molar-refractivity contribution >= 4 is 23.2 Å². The fourth-order valence-corrected chi connectivity index (χ4v) is 4.17. The Kier molecular flexibility index (Phi) is 6.18. The maximum atomic E-state index is 13.4. The van der Waals surface area contributed by atoms with Crippen LogP contribution in [-0.2, 0) is 0 Å². The average molecular weight is 474 g/mol. The number of halogens is 1. The van der Waals surface area contributed by atoms with Gasteiger partial charge in [0.15, 0.2) is 5.82 Å². The molecule has 0 radical (unpaired) electrons. The third-order valence-electron chi connectivity index (χ3n) is 5.91. The van der Waals surface area contributed by atoms with Gasteiger partial charge in [0, 0.05) is 42.5 Å². The average Bonchev–Trinajstić information content (AvgIpc) is 3.35. The summed E-state index contributed by atoms with van der Waals surface area (Å²) in [6.45, 7) is 2.75. The van der Waals surface area contributed by atoms with Crippen LogP contribution in [0.25, 0.3) is 17.1 Å². The van der Waals surface area contributed by atoms with Crippen molar-refractivity contribution < 1.29 is 9.53 Å². The highest BCUT2D eigenvalue weighted by Crippen LogP contribution is 2.25. The third kappa shape index (κ3) is 4.47. The molecule has 2 heterocycles. The van der Waals surface area contributed by atoms with E-state index in [1.54, 1.807) is 23.9 Å². The number of piperazine rings is 1. The smallest absolute Gasteiger partial charge is 0.293 e. The molecule has 0 N–H and O–H groups in total. The summed E-state index contributed by atoms with van der Waals surface area (Å²) >= 11 is 6.08. The summed E-state index contributed by atoms with van der Waals surface area (Å²) in [6, 6.07) is 25.1. The number of rotatable bonds is 5. The van der Waals surface area contributed by atoms with Crippen LogP contribution in [0.2, 0.25) is 5.02 Å². The van der Waals surface area contributed by atoms with E-state index in [1.807, 2.05) is 59.5 Å². The number of benzene rings is 3. The molecule has 4 aromatic rings. The zero-order valence-electron chi connectivity index (χ0n) is 18.8. The van der Waals surface area contributed by atoms with E-state index in [0.717, 1.165) is 30.1 Å². The number of hydrogen-bond acceptors (Lipinski definition) is 5. The Morgan fingerprint density at radius 2 is 1.53 bits per heavy atom. The number of aromatic nitrogens is 3. The normalized spacial score (nSPS) is 13.7. The van der Waals surface area contributed by atoms with E-state index in [0.29, 0.717) is 23.9 Å². The van der Waals surface area contributed by atoms with E-state index >= 15 is 0 Å². The summed E-state index contributed by atoms with van der Waals surface area (Å²) in [7, 11) is 1.62. The molecule has 34 heavy (non-hydrogen) atoms. The van der Waals surface area contributed by atoms with Gasteiger partial charge >= 0.3 is 0 Å². The lowest BCUT2D eigenvalue weighted by Gasteiger charge is -2.35. The van der Waals surface area contributed by atoms with Gasteiger partial charge in [0.05, 0.1) is 12.8 Å². The van der Waals surface area contributed by atoms with Gasteiger partial charge in [-0.3, -0.25) is 4.79 Å². The number of carbonyl (C=O) groups excluding carboxylic acids is 1. The molecule has 8 heteroatoms. The van der Waals surface area contributed by atoms with E-state index in [9.17, 15) is 4.79 Å². The molecule has 0 saturated carbocycles. The molecule has 1 fully saturated rings. The molecular weight excluding hydrogens is 450 g/mol. The number of anilines is 1. The van der Waals surface area contributed by atoms with E-state index in [2.05, 4.69) is 27.1 Å². The van der Waals surface area contributed by atoms with Gasteiger partial charge in [0.1, 0.15) is 5.75 Å². The lowest BCUT2D eigenvalue weighted by Crippen LogP contribution is -2.49. The SMILES string of the molecule is COc1ccc(-c2nc(C(=O)N3CCN(c4ccccc4)CC3)nn2-c2ccc(Cl)cc2)cc1. The van der Waals surface area contributed by atoms with E-state index < -0.39 is 0 Å². The summed E-state index contributed by atoms with van der Waals surface area (Å²) in [4.78, 5) is 22.1. The summed E-state index contributed by atoms with van der Waals surface area (Å²) in [6.07, 6.45) is 0. The number of nitrogens with zero attached hydrogens (tertiary/aromatic N) is 5. The van der Waals surface area contributed by atoms with Crippen LogP contribution in [0.4, 0.5) is 5.69 Å². The Balaban J connectivity index is 1.42. The number of ether oxygens (including phenoxy) is 1. The lowest BCUT2D eigenvalue weighted by atomic mass is 10.2. The molecule has 1 saturated heterocycles. The maximum Gasteiger partial charge on any atom is 0.293 e. The molecule has 1 aliphatic rings. The van der Waals surface area contributed by atoms with Gasteiger partial charge in [-0.2, -0.15) is 0 Å². The maximum absolute atomic E-state index is 13.4. The van der Waals surface area contributed by atoms with Crippen molar-refractivity contribution in [1.29, 1.82) is 0 Å². The minimum absolute atomic E-state index is 0.171. The van der Waals surface area contributed by atoms with Gasteiger partial charge in [-0.15, -0.1) is 5.10 Å². The first-order chi connectivity index (χ1) is 16.6. The number of amides is 1. The van der Waals surface area contributed by atoms with Gasteiger partial charge in [0.2, 0.25) is 5.82 Å². The fourth-order valence-electron chi connectivity index (χ4n) is 4.04. The summed E-state index contributed by atoms with van der Waals surface area (Å²) in [5.41, 5.74) is 2.77. The Morgan fingerprint density at radius 3 is 2.18 bits per heavy atom. The second-order valence-corrected chi connectivity index (χ2v) is 8.43. The third-order valence-corrected chi connectivity index (χ3v) is 6.16. The molecule has 0 spiro atoms. The second-order valence-electron chi connectivity index (χ2n) is 7.99. The predicted octanol–water partition coefficient (Wildman–Crippen LogP) is 4.56. The van der Waals surface area contributed by atoms with Crippen molar-refractivity contribution in [2.75, 3.05) is 38.2 Å². The monoisotopic (exact) mass is 473 g/mol. The Hall–Kier alpha value is -3.84. The Labute approximate surface area is 203 Å². The van der Waals surface area contributed by atoms with Crippen LogP contribution in [0.5, 0.6) is 5.75 Å². The minimum atomic E-state index is -0.171. The minimum Gasteiger partial charge on any atom is -0.497 e. The molecular formula is C26H24ClN5O2. The van der Waals surface area contributed by atoms with Crippen LogP contribution >= 0.6 is 11.6 Å². The van der Waals surface area contributed by atoms with Crippen molar-refractivity contribution in [3.8, 4) is 22.8 Å². The highest BCUT2D eigenvalue weighted by Gasteiger charge is 2.27. The van der Waals surface area contributed by atoms with Crippen LogP contribution in [0.3, 0.4) is 0 Å². The molecule has 7 nitrogen and oxygen atoms in total. The van der Waals surface area contributed by atoms with Gasteiger partial charge in [-0.1, -0.05) is 29.8 Å². The number of methoxy groups -OCH3 is 1. The molecule has 0 unspecified atom stereocenters. The Morgan fingerprint density at radius 1 is 0.853 bits per heavy atom. The first-order valence-corrected chi connectivity index (χ1v) is 11.5. The topological polar surface area (TPSA) is 63.5 Å². The summed E-state index contributed by atoms with van der Waals surface area (Å²) in [5, 5.41) is 5.24. The Bertz CT molecular complexity index is 1270. The fraction of sp³-hybridized carbons (Fsp3) is 0.192. The van der Waals surface area contributed by atoms with E-state index in [4.69, 9.17) is 16.3 Å². The van der Waals surface area contributed by atoms with Crippen molar-refractivity contribution in [3.05, 3.63) is 89.7 Å². The van der Waals surface area contributed by atoms with Crippen LogP contribution in [-0.4, -0.2) is 58.9 Å². The zero-order chi connectivity index (χ0) is 23.5.